The van der Waals surface area contributed by atoms with E-state index in [-0.39, 0.29) is 18.0 Å². The molecule has 1 amide bonds. The van der Waals surface area contributed by atoms with Gasteiger partial charge in [0.05, 0.1) is 17.1 Å². The van der Waals surface area contributed by atoms with E-state index in [1.807, 2.05) is 0 Å². The number of nitro groups is 1. The van der Waals surface area contributed by atoms with Crippen LogP contribution in [0.4, 0.5) is 17.3 Å². The Hall–Kier alpha value is -2.38. The summed E-state index contributed by atoms with van der Waals surface area (Å²) in [7, 11) is 1.63. The molecule has 0 aromatic carbocycles. The first kappa shape index (κ1) is 13.7. The quantitative estimate of drug-likeness (QED) is 0.373. The van der Waals surface area contributed by atoms with Crippen molar-refractivity contribution in [2.24, 2.45) is 5.73 Å². The van der Waals surface area contributed by atoms with Gasteiger partial charge in [-0.05, 0) is 6.42 Å². The molecule has 0 fully saturated rings. The number of anilines is 2. The summed E-state index contributed by atoms with van der Waals surface area (Å²) in [6.45, 7) is 0.472. The molecule has 18 heavy (non-hydrogen) atoms. The lowest BCUT2D eigenvalue weighted by Gasteiger charge is -2.07. The Morgan fingerprint density at radius 3 is 2.72 bits per heavy atom. The highest BCUT2D eigenvalue weighted by atomic mass is 16.6. The van der Waals surface area contributed by atoms with E-state index in [9.17, 15) is 14.9 Å². The van der Waals surface area contributed by atoms with E-state index in [0.29, 0.717) is 24.6 Å². The van der Waals surface area contributed by atoms with Gasteiger partial charge in [-0.1, -0.05) is 0 Å². The molecule has 8 nitrogen and oxygen atoms in total. The van der Waals surface area contributed by atoms with Crippen molar-refractivity contribution in [2.45, 2.75) is 12.8 Å². The van der Waals surface area contributed by atoms with Crippen LogP contribution in [0.1, 0.15) is 12.8 Å². The minimum absolute atomic E-state index is 0.0493. The number of pyridine rings is 1. The van der Waals surface area contributed by atoms with Gasteiger partial charge in [0.2, 0.25) is 5.91 Å². The Bertz CT molecular complexity index is 449. The van der Waals surface area contributed by atoms with Crippen molar-refractivity contribution >= 4 is 23.2 Å². The molecular weight excluding hydrogens is 238 g/mol. The fourth-order valence-corrected chi connectivity index (χ4v) is 1.32. The maximum Gasteiger partial charge on any atom is 0.276 e. The summed E-state index contributed by atoms with van der Waals surface area (Å²) in [4.78, 5) is 24.9. The maximum atomic E-state index is 10.7. The zero-order chi connectivity index (χ0) is 13.5. The Balaban J connectivity index is 2.66. The molecule has 8 heteroatoms. The average Bonchev–Trinajstić information content (AvgIpc) is 2.34. The van der Waals surface area contributed by atoms with Crippen LogP contribution in [0.3, 0.4) is 0 Å². The van der Waals surface area contributed by atoms with Crippen molar-refractivity contribution in [3.05, 3.63) is 22.2 Å². The molecule has 0 unspecified atom stereocenters. The molecule has 0 aliphatic heterocycles. The number of aromatic nitrogens is 1. The number of hydrogen-bond acceptors (Lipinski definition) is 6. The third-order valence-electron chi connectivity index (χ3n) is 2.18. The molecule has 0 radical (unpaired) electrons. The van der Waals surface area contributed by atoms with Gasteiger partial charge in [-0.2, -0.15) is 0 Å². The number of nitrogens with one attached hydrogen (secondary N) is 2. The van der Waals surface area contributed by atoms with Gasteiger partial charge in [-0.25, -0.2) is 4.98 Å². The van der Waals surface area contributed by atoms with Crippen molar-refractivity contribution in [2.75, 3.05) is 24.2 Å². The van der Waals surface area contributed by atoms with Gasteiger partial charge in [0, 0.05) is 20.0 Å². The third-order valence-corrected chi connectivity index (χ3v) is 2.18. The predicted octanol–water partition coefficient (Wildman–Crippen LogP) is 0.709. The van der Waals surface area contributed by atoms with Crippen LogP contribution in [-0.4, -0.2) is 29.4 Å². The van der Waals surface area contributed by atoms with E-state index in [4.69, 9.17) is 5.73 Å². The Kier molecular flexibility index (Phi) is 4.85. The Morgan fingerprint density at radius 2 is 2.17 bits per heavy atom. The highest BCUT2D eigenvalue weighted by Gasteiger charge is 2.10. The van der Waals surface area contributed by atoms with Gasteiger partial charge < -0.3 is 16.4 Å². The zero-order valence-corrected chi connectivity index (χ0v) is 9.97. The number of amides is 1. The lowest BCUT2D eigenvalue weighted by molar-refractivity contribution is -0.384. The number of hydrogen-bond donors (Lipinski definition) is 3. The lowest BCUT2D eigenvalue weighted by atomic mass is 10.3. The van der Waals surface area contributed by atoms with Crippen molar-refractivity contribution in [1.29, 1.82) is 0 Å². The monoisotopic (exact) mass is 253 g/mol. The first-order chi connectivity index (χ1) is 8.52. The summed E-state index contributed by atoms with van der Waals surface area (Å²) in [6.07, 6.45) is 0.815. The first-order valence-corrected chi connectivity index (χ1v) is 5.39. The molecule has 1 aromatic rings. The molecular formula is C10H15N5O3. The van der Waals surface area contributed by atoms with Crippen molar-refractivity contribution in [3.8, 4) is 0 Å². The molecule has 1 rings (SSSR count). The third kappa shape index (κ3) is 4.24. The second kappa shape index (κ2) is 6.38. The van der Waals surface area contributed by atoms with Crippen LogP contribution in [0.15, 0.2) is 12.1 Å². The summed E-state index contributed by atoms with van der Waals surface area (Å²) >= 11 is 0. The molecule has 0 aliphatic carbocycles. The first-order valence-electron chi connectivity index (χ1n) is 5.39. The number of carbonyl (C=O) groups is 1. The van der Waals surface area contributed by atoms with E-state index in [1.54, 1.807) is 7.05 Å². The summed E-state index contributed by atoms with van der Waals surface area (Å²) < 4.78 is 0. The van der Waals surface area contributed by atoms with E-state index in [1.165, 1.54) is 12.1 Å². The second-order valence-electron chi connectivity index (χ2n) is 3.60. The number of nitrogens with zero attached hydrogens (tertiary/aromatic N) is 2. The second-order valence-corrected chi connectivity index (χ2v) is 3.60. The topological polar surface area (TPSA) is 123 Å². The minimum Gasteiger partial charge on any atom is -0.373 e. The minimum atomic E-state index is -0.489. The standard InChI is InChI=1S/C10H15N5O3/c1-12-9-5-7(15(17)18)6-10(14-9)13-4-2-3-8(11)16/h5-6H,2-4H2,1H3,(H2,11,16)(H2,12,13,14). The predicted molar refractivity (Wildman–Crippen MR) is 67.4 cm³/mol. The summed E-state index contributed by atoms with van der Waals surface area (Å²) in [5.74, 6) is 0.416. The summed E-state index contributed by atoms with van der Waals surface area (Å²) in [6, 6.07) is 2.68. The van der Waals surface area contributed by atoms with E-state index in [0.717, 1.165) is 0 Å². The molecule has 1 heterocycles. The van der Waals surface area contributed by atoms with Crippen LogP contribution in [0.5, 0.6) is 0 Å². The van der Waals surface area contributed by atoms with Crippen LogP contribution in [-0.2, 0) is 4.79 Å². The molecule has 0 bridgehead atoms. The molecule has 0 saturated carbocycles. The average molecular weight is 253 g/mol. The number of primary amides is 1. The van der Waals surface area contributed by atoms with Gasteiger partial charge in [-0.3, -0.25) is 14.9 Å². The fourth-order valence-electron chi connectivity index (χ4n) is 1.32. The van der Waals surface area contributed by atoms with Crippen LogP contribution in [0.25, 0.3) is 0 Å². The maximum absolute atomic E-state index is 10.7. The van der Waals surface area contributed by atoms with Gasteiger partial charge in [0.25, 0.3) is 5.69 Å². The van der Waals surface area contributed by atoms with Crippen LogP contribution >= 0.6 is 0 Å². The normalized spacial score (nSPS) is 9.83. The molecule has 0 aliphatic rings. The molecule has 0 atom stereocenters. The Labute approximate surface area is 104 Å². The molecule has 0 saturated heterocycles. The van der Waals surface area contributed by atoms with Gasteiger partial charge >= 0.3 is 0 Å². The van der Waals surface area contributed by atoms with Crippen molar-refractivity contribution < 1.29 is 9.72 Å². The highest BCUT2D eigenvalue weighted by molar-refractivity contribution is 5.73. The summed E-state index contributed by atoms with van der Waals surface area (Å²) in [5.41, 5.74) is 4.95. The van der Waals surface area contributed by atoms with E-state index < -0.39 is 4.92 Å². The van der Waals surface area contributed by atoms with Crippen LogP contribution in [0, 0.1) is 10.1 Å². The number of rotatable bonds is 7. The highest BCUT2D eigenvalue weighted by Crippen LogP contribution is 2.20. The summed E-state index contributed by atoms with van der Waals surface area (Å²) in [5, 5.41) is 16.3. The number of carbonyl (C=O) groups excluding carboxylic acids is 1. The van der Waals surface area contributed by atoms with Gasteiger partial charge in [0.15, 0.2) is 0 Å². The van der Waals surface area contributed by atoms with Crippen molar-refractivity contribution in [3.63, 3.8) is 0 Å². The molecule has 0 spiro atoms. The zero-order valence-electron chi connectivity index (χ0n) is 9.97. The largest absolute Gasteiger partial charge is 0.373 e. The molecule has 98 valence electrons. The fraction of sp³-hybridized carbons (Fsp3) is 0.400. The van der Waals surface area contributed by atoms with Crippen molar-refractivity contribution in [1.82, 2.24) is 4.98 Å². The van der Waals surface area contributed by atoms with E-state index in [2.05, 4.69) is 15.6 Å². The molecule has 1 aromatic heterocycles. The lowest BCUT2D eigenvalue weighted by Crippen LogP contribution is -2.13. The van der Waals surface area contributed by atoms with Crippen LogP contribution in [0.2, 0.25) is 0 Å². The van der Waals surface area contributed by atoms with Crippen LogP contribution < -0.4 is 16.4 Å². The van der Waals surface area contributed by atoms with E-state index >= 15 is 0 Å². The Morgan fingerprint density at radius 1 is 1.50 bits per heavy atom. The number of nitrogens with two attached hydrogens (primary N) is 1. The van der Waals surface area contributed by atoms with Gasteiger partial charge in [-0.15, -0.1) is 0 Å². The molecule has 4 N–H and O–H groups in total. The van der Waals surface area contributed by atoms with Gasteiger partial charge in [0.1, 0.15) is 11.6 Å². The SMILES string of the molecule is CNc1cc([N+](=O)[O-])cc(NCCCC(N)=O)n1. The smallest absolute Gasteiger partial charge is 0.276 e.